The van der Waals surface area contributed by atoms with E-state index in [2.05, 4.69) is 15.3 Å². The molecule has 1 fully saturated rings. The first-order valence-electron chi connectivity index (χ1n) is 7.60. The standard InChI is InChI=1S/C14H20N4O8/c1-6(19)16-11-13(25-9(4)22)12(24-8(3)21)10(5-23-7(2)20)26-14(11)17-18-15/h10-14H,5H2,1-4H3,(H,16,19)/t10?,11?,12-,13+,14+/m0/s1. The Bertz CT molecular complexity index is 618. The van der Waals surface area contributed by atoms with Gasteiger partial charge in [0.25, 0.3) is 0 Å². The van der Waals surface area contributed by atoms with Crippen LogP contribution in [0.1, 0.15) is 27.7 Å². The lowest BCUT2D eigenvalue weighted by molar-refractivity contribution is -0.222. The van der Waals surface area contributed by atoms with Crippen LogP contribution in [0.4, 0.5) is 0 Å². The number of hydrogen-bond acceptors (Lipinski definition) is 9. The first-order valence-corrected chi connectivity index (χ1v) is 7.60. The molecule has 5 atom stereocenters. The summed E-state index contributed by atoms with van der Waals surface area (Å²) in [5.74, 6) is -2.58. The molecule has 0 bridgehead atoms. The Hall–Kier alpha value is -2.85. The second kappa shape index (κ2) is 9.59. The Labute approximate surface area is 148 Å². The van der Waals surface area contributed by atoms with Crippen LogP contribution >= 0.6 is 0 Å². The number of azide groups is 1. The zero-order valence-corrected chi connectivity index (χ0v) is 14.7. The summed E-state index contributed by atoms with van der Waals surface area (Å²) in [6.07, 6.45) is -4.82. The molecule has 1 amide bonds. The van der Waals surface area contributed by atoms with Crippen molar-refractivity contribution in [3.63, 3.8) is 0 Å². The summed E-state index contributed by atoms with van der Waals surface area (Å²) in [6, 6.07) is -1.12. The fourth-order valence-electron chi connectivity index (χ4n) is 2.46. The van der Waals surface area contributed by atoms with Gasteiger partial charge in [-0.15, -0.1) is 0 Å². The molecular formula is C14H20N4O8. The molecule has 1 N–H and O–H groups in total. The van der Waals surface area contributed by atoms with Gasteiger partial charge >= 0.3 is 17.9 Å². The molecule has 0 saturated carbocycles. The molecule has 26 heavy (non-hydrogen) atoms. The first-order chi connectivity index (χ1) is 12.1. The molecule has 0 aromatic carbocycles. The number of rotatable bonds is 6. The summed E-state index contributed by atoms with van der Waals surface area (Å²) in [6.45, 7) is 4.26. The van der Waals surface area contributed by atoms with Gasteiger partial charge in [-0.25, -0.2) is 0 Å². The zero-order chi connectivity index (χ0) is 19.9. The topological polar surface area (TPSA) is 166 Å². The summed E-state index contributed by atoms with van der Waals surface area (Å²) in [7, 11) is 0. The molecular weight excluding hydrogens is 352 g/mol. The van der Waals surface area contributed by atoms with Crippen LogP contribution < -0.4 is 5.32 Å². The number of ether oxygens (including phenoxy) is 4. The number of nitrogens with one attached hydrogen (secondary N) is 1. The van der Waals surface area contributed by atoms with Crippen molar-refractivity contribution in [2.45, 2.75) is 58.3 Å². The molecule has 0 aromatic rings. The third-order valence-electron chi connectivity index (χ3n) is 3.26. The van der Waals surface area contributed by atoms with Crippen LogP contribution in [0.15, 0.2) is 5.11 Å². The highest BCUT2D eigenvalue weighted by atomic mass is 16.6. The highest BCUT2D eigenvalue weighted by molar-refractivity contribution is 5.73. The first kappa shape index (κ1) is 21.2. The SMILES string of the molecule is CC(=O)NC1[C@H](N=[N+]=[N-])OC(COC(C)=O)[C@H](OC(C)=O)[C@@H]1OC(C)=O. The lowest BCUT2D eigenvalue weighted by Crippen LogP contribution is -2.65. The number of hydrogen-bond donors (Lipinski definition) is 1. The molecule has 0 radical (unpaired) electrons. The molecule has 144 valence electrons. The number of nitrogens with zero attached hydrogens (tertiary/aromatic N) is 3. The fourth-order valence-corrected chi connectivity index (χ4v) is 2.46. The quantitative estimate of drug-likeness (QED) is 0.223. The Balaban J connectivity index is 3.28. The van der Waals surface area contributed by atoms with E-state index in [1.807, 2.05) is 0 Å². The maximum Gasteiger partial charge on any atom is 0.303 e. The van der Waals surface area contributed by atoms with Crippen molar-refractivity contribution in [3.05, 3.63) is 10.4 Å². The van der Waals surface area contributed by atoms with Crippen LogP contribution in [0.25, 0.3) is 10.4 Å². The Morgan fingerprint density at radius 2 is 1.62 bits per heavy atom. The van der Waals surface area contributed by atoms with E-state index < -0.39 is 54.4 Å². The fraction of sp³-hybridized carbons (Fsp3) is 0.714. The van der Waals surface area contributed by atoms with Gasteiger partial charge in [-0.1, -0.05) is 5.11 Å². The van der Waals surface area contributed by atoms with E-state index in [9.17, 15) is 19.2 Å². The van der Waals surface area contributed by atoms with E-state index in [0.717, 1.165) is 20.8 Å². The monoisotopic (exact) mass is 372 g/mol. The third kappa shape index (κ3) is 6.22. The van der Waals surface area contributed by atoms with E-state index in [4.69, 9.17) is 24.5 Å². The van der Waals surface area contributed by atoms with E-state index in [0.29, 0.717) is 0 Å². The van der Waals surface area contributed by atoms with E-state index in [-0.39, 0.29) is 6.61 Å². The molecule has 0 spiro atoms. The van der Waals surface area contributed by atoms with E-state index >= 15 is 0 Å². The number of amides is 1. The Morgan fingerprint density at radius 1 is 1.04 bits per heavy atom. The van der Waals surface area contributed by atoms with Crippen molar-refractivity contribution in [3.8, 4) is 0 Å². The molecule has 0 aromatic heterocycles. The maximum atomic E-state index is 11.5. The van der Waals surface area contributed by atoms with Crippen molar-refractivity contribution in [1.82, 2.24) is 5.32 Å². The predicted molar refractivity (Wildman–Crippen MR) is 83.2 cm³/mol. The van der Waals surface area contributed by atoms with E-state index in [1.165, 1.54) is 6.92 Å². The molecule has 12 heteroatoms. The highest BCUT2D eigenvalue weighted by Gasteiger charge is 2.50. The molecule has 1 saturated heterocycles. The van der Waals surface area contributed by atoms with Crippen LogP contribution in [-0.4, -0.2) is 61.0 Å². The van der Waals surface area contributed by atoms with Gasteiger partial charge in [0.15, 0.2) is 18.4 Å². The smallest absolute Gasteiger partial charge is 0.303 e. The van der Waals surface area contributed by atoms with Crippen molar-refractivity contribution in [1.29, 1.82) is 0 Å². The van der Waals surface area contributed by atoms with Gasteiger partial charge in [0.1, 0.15) is 18.8 Å². The molecule has 12 nitrogen and oxygen atoms in total. The van der Waals surface area contributed by atoms with Crippen LogP contribution in [-0.2, 0) is 38.1 Å². The third-order valence-corrected chi connectivity index (χ3v) is 3.26. The zero-order valence-electron chi connectivity index (χ0n) is 14.7. The Morgan fingerprint density at radius 3 is 2.08 bits per heavy atom. The minimum atomic E-state index is -1.29. The highest BCUT2D eigenvalue weighted by Crippen LogP contribution is 2.28. The molecule has 1 aliphatic rings. The van der Waals surface area contributed by atoms with Gasteiger partial charge in [-0.05, 0) is 5.53 Å². The number of esters is 3. The molecule has 1 rings (SSSR count). The Kier molecular flexibility index (Phi) is 7.81. The largest absolute Gasteiger partial charge is 0.463 e. The van der Waals surface area contributed by atoms with Gasteiger partial charge in [-0.3, -0.25) is 19.2 Å². The van der Waals surface area contributed by atoms with Gasteiger partial charge < -0.3 is 24.3 Å². The van der Waals surface area contributed by atoms with Crippen molar-refractivity contribution in [2.24, 2.45) is 5.11 Å². The van der Waals surface area contributed by atoms with Gasteiger partial charge in [0.2, 0.25) is 5.91 Å². The maximum absolute atomic E-state index is 11.5. The van der Waals surface area contributed by atoms with Crippen molar-refractivity contribution >= 4 is 23.8 Å². The summed E-state index contributed by atoms with van der Waals surface area (Å²) in [4.78, 5) is 48.2. The van der Waals surface area contributed by atoms with Crippen LogP contribution in [0.5, 0.6) is 0 Å². The average Bonchev–Trinajstić information content (AvgIpc) is 2.50. The van der Waals surface area contributed by atoms with Crippen molar-refractivity contribution in [2.75, 3.05) is 6.61 Å². The number of carbonyl (C=O) groups excluding carboxylic acids is 4. The van der Waals surface area contributed by atoms with Crippen LogP contribution in [0, 0.1) is 0 Å². The summed E-state index contributed by atoms with van der Waals surface area (Å²) in [5, 5.41) is 5.89. The van der Waals surface area contributed by atoms with E-state index in [1.54, 1.807) is 0 Å². The summed E-state index contributed by atoms with van der Waals surface area (Å²) in [5.41, 5.74) is 8.74. The summed E-state index contributed by atoms with van der Waals surface area (Å²) >= 11 is 0. The van der Waals surface area contributed by atoms with Gasteiger partial charge in [0.05, 0.1) is 0 Å². The average molecular weight is 372 g/mol. The molecule has 1 aliphatic heterocycles. The van der Waals surface area contributed by atoms with Crippen LogP contribution in [0.3, 0.4) is 0 Å². The lowest BCUT2D eigenvalue weighted by atomic mass is 9.95. The summed E-state index contributed by atoms with van der Waals surface area (Å²) < 4.78 is 20.8. The second-order valence-corrected chi connectivity index (χ2v) is 5.45. The van der Waals surface area contributed by atoms with Gasteiger partial charge in [-0.2, -0.15) is 0 Å². The normalized spacial score (nSPS) is 27.5. The minimum absolute atomic E-state index is 0.352. The van der Waals surface area contributed by atoms with Gasteiger partial charge in [0, 0.05) is 32.6 Å². The number of carbonyl (C=O) groups is 4. The van der Waals surface area contributed by atoms with Crippen molar-refractivity contribution < 1.29 is 38.1 Å². The molecule has 0 aliphatic carbocycles. The molecule has 1 heterocycles. The predicted octanol–water partition coefficient (Wildman–Crippen LogP) is -0.0472. The minimum Gasteiger partial charge on any atom is -0.463 e. The lowest BCUT2D eigenvalue weighted by Gasteiger charge is -2.43. The molecule has 2 unspecified atom stereocenters. The second-order valence-electron chi connectivity index (χ2n) is 5.45. The van der Waals surface area contributed by atoms with Crippen LogP contribution in [0.2, 0.25) is 0 Å².